The van der Waals surface area contributed by atoms with Crippen molar-refractivity contribution in [3.05, 3.63) is 29.8 Å². The number of carbonyl (C=O) groups is 1. The molecule has 1 saturated heterocycles. The molecule has 124 valence electrons. The smallest absolute Gasteiger partial charge is 0.337 e. The lowest BCUT2D eigenvalue weighted by molar-refractivity contribution is 0.0600. The summed E-state index contributed by atoms with van der Waals surface area (Å²) in [5.41, 5.74) is 6.16. The van der Waals surface area contributed by atoms with Crippen molar-refractivity contribution in [2.45, 2.75) is 24.3 Å². The molecule has 0 aliphatic carbocycles. The highest BCUT2D eigenvalue weighted by molar-refractivity contribution is 7.89. The van der Waals surface area contributed by atoms with Crippen molar-refractivity contribution in [3.63, 3.8) is 0 Å². The Bertz CT molecular complexity index is 616. The van der Waals surface area contributed by atoms with Gasteiger partial charge in [-0.15, -0.1) is 12.4 Å². The van der Waals surface area contributed by atoms with Gasteiger partial charge in [-0.3, -0.25) is 0 Å². The van der Waals surface area contributed by atoms with Crippen LogP contribution < -0.4 is 5.73 Å². The number of carbonyl (C=O) groups excluding carboxylic acids is 1. The number of nitrogens with zero attached hydrogens (tertiary/aromatic N) is 1. The summed E-state index contributed by atoms with van der Waals surface area (Å²) in [7, 11) is -2.25. The van der Waals surface area contributed by atoms with Gasteiger partial charge in [0.25, 0.3) is 0 Å². The van der Waals surface area contributed by atoms with Crippen LogP contribution in [0.1, 0.15) is 23.7 Å². The van der Waals surface area contributed by atoms with Crippen LogP contribution in [0.3, 0.4) is 0 Å². The minimum Gasteiger partial charge on any atom is -0.465 e. The third-order valence-electron chi connectivity index (χ3n) is 3.84. The molecule has 1 heterocycles. The van der Waals surface area contributed by atoms with Gasteiger partial charge in [-0.1, -0.05) is 0 Å². The normalized spacial score (nSPS) is 20.2. The number of halogens is 1. The molecule has 1 aliphatic heterocycles. The molecule has 1 aliphatic rings. The number of ether oxygens (including phenoxy) is 1. The fourth-order valence-corrected chi connectivity index (χ4v) is 3.94. The maximum absolute atomic E-state index is 12.5. The number of nitrogens with two attached hydrogens (primary N) is 1. The van der Waals surface area contributed by atoms with E-state index in [1.165, 1.54) is 35.7 Å². The SMILES string of the molecule is COC(=O)c1ccc(S(=O)(=O)N2CCC(C(C)N)C2)cc1.Cl. The third-order valence-corrected chi connectivity index (χ3v) is 5.72. The van der Waals surface area contributed by atoms with Gasteiger partial charge < -0.3 is 10.5 Å². The van der Waals surface area contributed by atoms with Crippen LogP contribution in [0.25, 0.3) is 0 Å². The maximum atomic E-state index is 12.5. The molecule has 2 N–H and O–H groups in total. The van der Waals surface area contributed by atoms with E-state index in [2.05, 4.69) is 4.74 Å². The Morgan fingerprint density at radius 2 is 1.95 bits per heavy atom. The first-order valence-corrected chi connectivity index (χ1v) is 8.24. The standard InChI is InChI=1S/C14H20N2O4S.ClH/c1-10(15)12-7-8-16(9-12)21(18,19)13-5-3-11(4-6-13)14(17)20-2;/h3-6,10,12H,7-9,15H2,1-2H3;1H. The molecule has 0 spiro atoms. The molecule has 8 heteroatoms. The number of rotatable bonds is 4. The number of sulfonamides is 1. The highest BCUT2D eigenvalue weighted by Crippen LogP contribution is 2.25. The van der Waals surface area contributed by atoms with E-state index in [0.29, 0.717) is 18.7 Å². The van der Waals surface area contributed by atoms with Gasteiger partial charge in [0.15, 0.2) is 0 Å². The lowest BCUT2D eigenvalue weighted by Gasteiger charge is -2.18. The van der Waals surface area contributed by atoms with Crippen molar-refractivity contribution in [1.29, 1.82) is 0 Å². The Morgan fingerprint density at radius 3 is 2.41 bits per heavy atom. The lowest BCUT2D eigenvalue weighted by atomic mass is 10.0. The number of hydrogen-bond acceptors (Lipinski definition) is 5. The monoisotopic (exact) mass is 348 g/mol. The van der Waals surface area contributed by atoms with Crippen LogP contribution in [0.4, 0.5) is 0 Å². The van der Waals surface area contributed by atoms with E-state index in [-0.39, 0.29) is 29.3 Å². The fraction of sp³-hybridized carbons (Fsp3) is 0.500. The van der Waals surface area contributed by atoms with E-state index in [4.69, 9.17) is 5.73 Å². The molecule has 2 rings (SSSR count). The Labute approximate surface area is 137 Å². The van der Waals surface area contributed by atoms with Gasteiger partial charge in [0.05, 0.1) is 17.6 Å². The van der Waals surface area contributed by atoms with E-state index in [1.807, 2.05) is 6.92 Å². The molecule has 22 heavy (non-hydrogen) atoms. The van der Waals surface area contributed by atoms with Gasteiger partial charge in [0, 0.05) is 19.1 Å². The van der Waals surface area contributed by atoms with Gasteiger partial charge in [0.2, 0.25) is 10.0 Å². The van der Waals surface area contributed by atoms with Crippen LogP contribution in [-0.2, 0) is 14.8 Å². The number of methoxy groups -OCH3 is 1. The quantitative estimate of drug-likeness (QED) is 0.827. The summed E-state index contributed by atoms with van der Waals surface area (Å²) in [6.07, 6.45) is 0.775. The number of esters is 1. The van der Waals surface area contributed by atoms with E-state index < -0.39 is 16.0 Å². The van der Waals surface area contributed by atoms with Crippen molar-refractivity contribution in [2.75, 3.05) is 20.2 Å². The second kappa shape index (κ2) is 7.41. The predicted molar refractivity (Wildman–Crippen MR) is 85.5 cm³/mol. The van der Waals surface area contributed by atoms with Crippen molar-refractivity contribution in [3.8, 4) is 0 Å². The second-order valence-electron chi connectivity index (χ2n) is 5.29. The molecule has 0 radical (unpaired) electrons. The molecular formula is C14H21ClN2O4S. The summed E-state index contributed by atoms with van der Waals surface area (Å²) >= 11 is 0. The largest absolute Gasteiger partial charge is 0.465 e. The molecule has 0 amide bonds. The van der Waals surface area contributed by atoms with Gasteiger partial charge in [-0.25, -0.2) is 13.2 Å². The predicted octanol–water partition coefficient (Wildman–Crippen LogP) is 1.25. The highest BCUT2D eigenvalue weighted by Gasteiger charge is 2.33. The Balaban J connectivity index is 0.00000242. The summed E-state index contributed by atoms with van der Waals surface area (Å²) < 4.78 is 31.1. The molecular weight excluding hydrogens is 328 g/mol. The molecule has 2 atom stereocenters. The van der Waals surface area contributed by atoms with Crippen LogP contribution >= 0.6 is 12.4 Å². The minimum absolute atomic E-state index is 0. The molecule has 1 aromatic carbocycles. The summed E-state index contributed by atoms with van der Waals surface area (Å²) in [6, 6.07) is 5.75. The van der Waals surface area contributed by atoms with Crippen molar-refractivity contribution >= 4 is 28.4 Å². The van der Waals surface area contributed by atoms with Crippen LogP contribution in [0.15, 0.2) is 29.2 Å². The average Bonchev–Trinajstić information content (AvgIpc) is 2.97. The van der Waals surface area contributed by atoms with E-state index >= 15 is 0 Å². The summed E-state index contributed by atoms with van der Waals surface area (Å²) in [4.78, 5) is 11.5. The van der Waals surface area contributed by atoms with Gasteiger partial charge in [-0.2, -0.15) is 4.31 Å². The summed E-state index contributed by atoms with van der Waals surface area (Å²) in [6.45, 7) is 2.82. The molecule has 0 bridgehead atoms. The molecule has 0 aromatic heterocycles. The third kappa shape index (κ3) is 3.78. The zero-order valence-corrected chi connectivity index (χ0v) is 14.2. The van der Waals surface area contributed by atoms with Crippen LogP contribution in [0.2, 0.25) is 0 Å². The fourth-order valence-electron chi connectivity index (χ4n) is 2.43. The molecule has 6 nitrogen and oxygen atoms in total. The second-order valence-corrected chi connectivity index (χ2v) is 7.22. The maximum Gasteiger partial charge on any atom is 0.337 e. The number of hydrogen-bond donors (Lipinski definition) is 1. The molecule has 1 fully saturated rings. The lowest BCUT2D eigenvalue weighted by Crippen LogP contribution is -2.33. The first-order chi connectivity index (χ1) is 9.86. The van der Waals surface area contributed by atoms with Gasteiger partial charge >= 0.3 is 5.97 Å². The van der Waals surface area contributed by atoms with E-state index in [9.17, 15) is 13.2 Å². The topological polar surface area (TPSA) is 89.7 Å². The summed E-state index contributed by atoms with van der Waals surface area (Å²) in [5, 5.41) is 0. The zero-order chi connectivity index (χ0) is 15.6. The van der Waals surface area contributed by atoms with Gasteiger partial charge in [0.1, 0.15) is 0 Å². The minimum atomic E-state index is -3.53. The Kier molecular flexibility index (Phi) is 6.37. The molecule has 2 unspecified atom stereocenters. The zero-order valence-electron chi connectivity index (χ0n) is 12.6. The Hall–Kier alpha value is -1.15. The summed E-state index contributed by atoms with van der Waals surface area (Å²) in [5.74, 6) is -0.300. The first kappa shape index (κ1) is 18.9. The number of benzene rings is 1. The van der Waals surface area contributed by atoms with E-state index in [0.717, 1.165) is 6.42 Å². The average molecular weight is 349 g/mol. The van der Waals surface area contributed by atoms with E-state index in [1.54, 1.807) is 0 Å². The van der Waals surface area contributed by atoms with Crippen molar-refractivity contribution in [2.24, 2.45) is 11.7 Å². The van der Waals surface area contributed by atoms with Crippen LogP contribution in [0.5, 0.6) is 0 Å². The highest BCUT2D eigenvalue weighted by atomic mass is 35.5. The first-order valence-electron chi connectivity index (χ1n) is 6.80. The van der Waals surface area contributed by atoms with Crippen LogP contribution in [-0.4, -0.2) is 44.9 Å². The van der Waals surface area contributed by atoms with Gasteiger partial charge in [-0.05, 0) is 43.5 Å². The van der Waals surface area contributed by atoms with Crippen molar-refractivity contribution in [1.82, 2.24) is 4.31 Å². The van der Waals surface area contributed by atoms with Crippen LogP contribution in [0, 0.1) is 5.92 Å². The molecule has 0 saturated carbocycles. The Morgan fingerprint density at radius 1 is 1.36 bits per heavy atom. The van der Waals surface area contributed by atoms with Crippen molar-refractivity contribution < 1.29 is 17.9 Å². The molecule has 1 aromatic rings.